The molecule has 0 unspecified atom stereocenters. The molecule has 0 spiro atoms. The van der Waals surface area contributed by atoms with Crippen molar-refractivity contribution in [1.29, 1.82) is 0 Å². The number of hydrogen-bond acceptors (Lipinski definition) is 5. The average Bonchev–Trinajstić information content (AvgIpc) is 2.42. The Kier molecular flexibility index (Phi) is 6.45. The number of halogens is 1. The van der Waals surface area contributed by atoms with Crippen LogP contribution >= 0.6 is 11.6 Å². The van der Waals surface area contributed by atoms with E-state index in [1.807, 2.05) is 6.07 Å². The van der Waals surface area contributed by atoms with Gasteiger partial charge in [0.05, 0.1) is 32.8 Å². The molecule has 6 heteroatoms. The molecule has 0 bridgehead atoms. The van der Waals surface area contributed by atoms with Crippen LogP contribution in [0.15, 0.2) is 12.1 Å². The Morgan fingerprint density at radius 3 is 2.58 bits per heavy atom. The van der Waals surface area contributed by atoms with E-state index in [0.29, 0.717) is 36.0 Å². The van der Waals surface area contributed by atoms with Crippen molar-refractivity contribution in [2.24, 2.45) is 0 Å². The lowest BCUT2D eigenvalue weighted by molar-refractivity contribution is -0.140. The second-order valence-corrected chi connectivity index (χ2v) is 4.22. The standard InChI is InChI=1S/C13H18ClNO4/c1-17-11-7-9(6-10(14)13(11)19-3)8-15-5-4-12(16)18-2/h6-7,15H,4-5,8H2,1-3H3. The Labute approximate surface area is 117 Å². The minimum absolute atomic E-state index is 0.238. The fourth-order valence-corrected chi connectivity index (χ4v) is 1.91. The van der Waals surface area contributed by atoms with Crippen LogP contribution in [0.2, 0.25) is 5.02 Å². The first-order valence-electron chi connectivity index (χ1n) is 5.80. The molecule has 1 aromatic rings. The third-order valence-corrected chi connectivity index (χ3v) is 2.84. The van der Waals surface area contributed by atoms with Crippen molar-refractivity contribution >= 4 is 17.6 Å². The zero-order valence-corrected chi connectivity index (χ0v) is 12.0. The van der Waals surface area contributed by atoms with E-state index in [2.05, 4.69) is 10.1 Å². The van der Waals surface area contributed by atoms with E-state index in [1.54, 1.807) is 13.2 Å². The lowest BCUT2D eigenvalue weighted by Crippen LogP contribution is -2.18. The maximum atomic E-state index is 10.9. The van der Waals surface area contributed by atoms with Gasteiger partial charge in [-0.25, -0.2) is 0 Å². The summed E-state index contributed by atoms with van der Waals surface area (Å²) in [5.74, 6) is 0.861. The summed E-state index contributed by atoms with van der Waals surface area (Å²) in [7, 11) is 4.47. The largest absolute Gasteiger partial charge is 0.493 e. The van der Waals surface area contributed by atoms with Gasteiger partial charge in [-0.15, -0.1) is 0 Å². The lowest BCUT2D eigenvalue weighted by atomic mass is 10.2. The predicted molar refractivity (Wildman–Crippen MR) is 72.9 cm³/mol. The first-order chi connectivity index (χ1) is 9.12. The van der Waals surface area contributed by atoms with Crippen molar-refractivity contribution in [1.82, 2.24) is 5.32 Å². The smallest absolute Gasteiger partial charge is 0.306 e. The molecule has 0 aromatic heterocycles. The number of methoxy groups -OCH3 is 3. The van der Waals surface area contributed by atoms with Gasteiger partial charge in [-0.3, -0.25) is 4.79 Å². The first kappa shape index (κ1) is 15.6. The molecule has 0 aliphatic heterocycles. The predicted octanol–water partition coefficient (Wildman–Crippen LogP) is 2.01. The van der Waals surface area contributed by atoms with E-state index in [4.69, 9.17) is 21.1 Å². The molecule has 5 nitrogen and oxygen atoms in total. The van der Waals surface area contributed by atoms with E-state index >= 15 is 0 Å². The van der Waals surface area contributed by atoms with Crippen molar-refractivity contribution in [2.75, 3.05) is 27.9 Å². The third-order valence-electron chi connectivity index (χ3n) is 2.56. The second kappa shape index (κ2) is 7.86. The quantitative estimate of drug-likeness (QED) is 0.614. The van der Waals surface area contributed by atoms with Crippen molar-refractivity contribution < 1.29 is 19.0 Å². The average molecular weight is 288 g/mol. The summed E-state index contributed by atoms with van der Waals surface area (Å²) in [5, 5.41) is 3.62. The summed E-state index contributed by atoms with van der Waals surface area (Å²) in [6.07, 6.45) is 0.331. The number of esters is 1. The fraction of sp³-hybridized carbons (Fsp3) is 0.462. The van der Waals surface area contributed by atoms with Gasteiger partial charge in [0.15, 0.2) is 11.5 Å². The second-order valence-electron chi connectivity index (χ2n) is 3.82. The number of carbonyl (C=O) groups excluding carboxylic acids is 1. The SMILES string of the molecule is COC(=O)CCNCc1cc(Cl)c(OC)c(OC)c1. The Morgan fingerprint density at radius 2 is 2.00 bits per heavy atom. The van der Waals surface area contributed by atoms with Gasteiger partial charge < -0.3 is 19.5 Å². The molecule has 0 heterocycles. The summed E-state index contributed by atoms with van der Waals surface area (Å²) in [6, 6.07) is 3.64. The number of carbonyl (C=O) groups is 1. The van der Waals surface area contributed by atoms with E-state index < -0.39 is 0 Å². The molecule has 106 valence electrons. The molecular formula is C13H18ClNO4. The molecule has 1 rings (SSSR count). The van der Waals surface area contributed by atoms with E-state index in [9.17, 15) is 4.79 Å². The molecule has 0 amide bonds. The van der Waals surface area contributed by atoms with E-state index in [1.165, 1.54) is 14.2 Å². The van der Waals surface area contributed by atoms with Gasteiger partial charge >= 0.3 is 5.97 Å². The van der Waals surface area contributed by atoms with Crippen LogP contribution in [0.1, 0.15) is 12.0 Å². The zero-order valence-electron chi connectivity index (χ0n) is 11.3. The molecule has 0 fully saturated rings. The molecule has 0 saturated carbocycles. The van der Waals surface area contributed by atoms with Gasteiger partial charge in [0, 0.05) is 13.1 Å². The molecule has 0 radical (unpaired) electrons. The summed E-state index contributed by atoms with van der Waals surface area (Å²) < 4.78 is 14.9. The normalized spacial score (nSPS) is 10.1. The Morgan fingerprint density at radius 1 is 1.26 bits per heavy atom. The first-order valence-corrected chi connectivity index (χ1v) is 6.18. The number of rotatable bonds is 7. The fourth-order valence-electron chi connectivity index (χ4n) is 1.60. The summed E-state index contributed by atoms with van der Waals surface area (Å²) in [6.45, 7) is 1.12. The summed E-state index contributed by atoms with van der Waals surface area (Å²) in [4.78, 5) is 10.9. The van der Waals surface area contributed by atoms with Crippen molar-refractivity contribution in [3.05, 3.63) is 22.7 Å². The highest BCUT2D eigenvalue weighted by Crippen LogP contribution is 2.35. The highest BCUT2D eigenvalue weighted by molar-refractivity contribution is 6.32. The monoisotopic (exact) mass is 287 g/mol. The van der Waals surface area contributed by atoms with Crippen LogP contribution in [-0.4, -0.2) is 33.8 Å². The van der Waals surface area contributed by atoms with Crippen LogP contribution in [0.5, 0.6) is 11.5 Å². The molecule has 0 atom stereocenters. The van der Waals surface area contributed by atoms with Crippen LogP contribution < -0.4 is 14.8 Å². The van der Waals surface area contributed by atoms with Crippen LogP contribution in [0, 0.1) is 0 Å². The topological polar surface area (TPSA) is 56.8 Å². The molecule has 0 aliphatic rings. The van der Waals surface area contributed by atoms with Crippen molar-refractivity contribution in [2.45, 2.75) is 13.0 Å². The molecule has 1 N–H and O–H groups in total. The van der Waals surface area contributed by atoms with Crippen LogP contribution in [0.4, 0.5) is 0 Å². The van der Waals surface area contributed by atoms with Gasteiger partial charge in [0.1, 0.15) is 0 Å². The van der Waals surface area contributed by atoms with Gasteiger partial charge in [0.25, 0.3) is 0 Å². The molecule has 19 heavy (non-hydrogen) atoms. The maximum absolute atomic E-state index is 10.9. The summed E-state index contributed by atoms with van der Waals surface area (Å²) >= 11 is 6.09. The Bertz CT molecular complexity index is 437. The third kappa shape index (κ3) is 4.61. The maximum Gasteiger partial charge on any atom is 0.306 e. The zero-order chi connectivity index (χ0) is 14.3. The van der Waals surface area contributed by atoms with Crippen LogP contribution in [0.3, 0.4) is 0 Å². The molecule has 0 aliphatic carbocycles. The van der Waals surface area contributed by atoms with E-state index in [-0.39, 0.29) is 5.97 Å². The molecular weight excluding hydrogens is 270 g/mol. The number of benzene rings is 1. The van der Waals surface area contributed by atoms with Crippen molar-refractivity contribution in [3.8, 4) is 11.5 Å². The van der Waals surface area contributed by atoms with Gasteiger partial charge in [-0.1, -0.05) is 11.6 Å². The lowest BCUT2D eigenvalue weighted by Gasteiger charge is -2.12. The van der Waals surface area contributed by atoms with Crippen molar-refractivity contribution in [3.63, 3.8) is 0 Å². The Balaban J connectivity index is 2.59. The molecule has 0 saturated heterocycles. The van der Waals surface area contributed by atoms with Gasteiger partial charge in [-0.2, -0.15) is 0 Å². The highest BCUT2D eigenvalue weighted by Gasteiger charge is 2.10. The Hall–Kier alpha value is -1.46. The van der Waals surface area contributed by atoms with Gasteiger partial charge in [-0.05, 0) is 17.7 Å². The number of nitrogens with one attached hydrogen (secondary N) is 1. The number of hydrogen-bond donors (Lipinski definition) is 1. The van der Waals surface area contributed by atoms with Crippen LogP contribution in [0.25, 0.3) is 0 Å². The van der Waals surface area contributed by atoms with E-state index in [0.717, 1.165) is 5.56 Å². The van der Waals surface area contributed by atoms with Crippen LogP contribution in [-0.2, 0) is 16.1 Å². The summed E-state index contributed by atoms with van der Waals surface area (Å²) in [5.41, 5.74) is 0.951. The minimum Gasteiger partial charge on any atom is -0.493 e. The highest BCUT2D eigenvalue weighted by atomic mass is 35.5. The number of ether oxygens (including phenoxy) is 3. The molecule has 1 aromatic carbocycles. The van der Waals surface area contributed by atoms with Gasteiger partial charge in [0.2, 0.25) is 0 Å². The minimum atomic E-state index is -0.238.